The third kappa shape index (κ3) is 3.57. The summed E-state index contributed by atoms with van der Waals surface area (Å²) >= 11 is 0. The van der Waals surface area contributed by atoms with Crippen molar-refractivity contribution in [2.75, 3.05) is 44.0 Å². The zero-order chi connectivity index (χ0) is 13.5. The van der Waals surface area contributed by atoms with Gasteiger partial charge in [-0.25, -0.2) is 4.98 Å². The number of nitrogen functional groups attached to an aromatic ring is 1. The van der Waals surface area contributed by atoms with E-state index in [0.29, 0.717) is 31.2 Å². The normalized spacial score (nSPS) is 10.3. The summed E-state index contributed by atoms with van der Waals surface area (Å²) in [5.41, 5.74) is 11.5. The molecule has 0 atom stereocenters. The largest absolute Gasteiger partial charge is 0.396 e. The molecule has 1 amide bonds. The Bertz CT molecular complexity index is 411. The molecule has 7 nitrogen and oxygen atoms in total. The number of aromatic nitrogens is 1. The zero-order valence-corrected chi connectivity index (χ0v) is 10.3. The van der Waals surface area contributed by atoms with Crippen LogP contribution < -0.4 is 16.4 Å². The Morgan fingerprint density at radius 1 is 1.50 bits per heavy atom. The van der Waals surface area contributed by atoms with E-state index in [2.05, 4.69) is 4.98 Å². The van der Waals surface area contributed by atoms with Crippen LogP contribution in [0.25, 0.3) is 0 Å². The summed E-state index contributed by atoms with van der Waals surface area (Å²) in [6, 6.07) is 3.04. The molecule has 7 heteroatoms. The van der Waals surface area contributed by atoms with Gasteiger partial charge >= 0.3 is 0 Å². The minimum absolute atomic E-state index is 0.0500. The van der Waals surface area contributed by atoms with Crippen molar-refractivity contribution in [2.24, 2.45) is 5.73 Å². The van der Waals surface area contributed by atoms with E-state index in [4.69, 9.17) is 21.3 Å². The SMILES string of the molecule is COCCN(CCO)c1nc(C(N)=O)ccc1N. The summed E-state index contributed by atoms with van der Waals surface area (Å²) in [5.74, 6) is -0.190. The number of methoxy groups -OCH3 is 1. The first-order valence-corrected chi connectivity index (χ1v) is 5.51. The van der Waals surface area contributed by atoms with Crippen molar-refractivity contribution >= 4 is 17.4 Å². The molecule has 5 N–H and O–H groups in total. The number of amides is 1. The maximum Gasteiger partial charge on any atom is 0.267 e. The van der Waals surface area contributed by atoms with E-state index in [1.807, 2.05) is 0 Å². The van der Waals surface area contributed by atoms with Crippen molar-refractivity contribution in [1.29, 1.82) is 0 Å². The molecule has 1 aromatic heterocycles. The van der Waals surface area contributed by atoms with Crippen molar-refractivity contribution < 1.29 is 14.6 Å². The number of carbonyl (C=O) groups is 1. The average Bonchev–Trinajstić information content (AvgIpc) is 2.35. The number of rotatable bonds is 7. The summed E-state index contributed by atoms with van der Waals surface area (Å²) < 4.78 is 4.97. The number of primary amides is 1. The first-order valence-electron chi connectivity index (χ1n) is 5.51. The number of carbonyl (C=O) groups excluding carboxylic acids is 1. The molecular weight excluding hydrogens is 236 g/mol. The highest BCUT2D eigenvalue weighted by Crippen LogP contribution is 2.20. The Morgan fingerprint density at radius 2 is 2.22 bits per heavy atom. The van der Waals surface area contributed by atoms with Crippen molar-refractivity contribution in [3.05, 3.63) is 17.8 Å². The number of aliphatic hydroxyl groups excluding tert-OH is 1. The highest BCUT2D eigenvalue weighted by Gasteiger charge is 2.13. The van der Waals surface area contributed by atoms with Gasteiger partial charge in [0.2, 0.25) is 0 Å². The smallest absolute Gasteiger partial charge is 0.267 e. The van der Waals surface area contributed by atoms with E-state index in [1.165, 1.54) is 6.07 Å². The number of aliphatic hydroxyl groups is 1. The summed E-state index contributed by atoms with van der Waals surface area (Å²) in [5, 5.41) is 9.02. The van der Waals surface area contributed by atoms with E-state index in [-0.39, 0.29) is 12.3 Å². The second kappa shape index (κ2) is 6.77. The van der Waals surface area contributed by atoms with Crippen LogP contribution in [0, 0.1) is 0 Å². The van der Waals surface area contributed by atoms with Crippen molar-refractivity contribution in [3.63, 3.8) is 0 Å². The van der Waals surface area contributed by atoms with Crippen LogP contribution in [0.4, 0.5) is 11.5 Å². The Labute approximate surface area is 105 Å². The van der Waals surface area contributed by atoms with Gasteiger partial charge in [-0.3, -0.25) is 4.79 Å². The Kier molecular flexibility index (Phi) is 5.34. The van der Waals surface area contributed by atoms with E-state index < -0.39 is 5.91 Å². The molecule has 1 heterocycles. The lowest BCUT2D eigenvalue weighted by atomic mass is 10.3. The van der Waals surface area contributed by atoms with Crippen LogP contribution in [0.15, 0.2) is 12.1 Å². The molecule has 0 radical (unpaired) electrons. The van der Waals surface area contributed by atoms with Gasteiger partial charge in [-0.1, -0.05) is 0 Å². The molecular formula is C11H18N4O3. The van der Waals surface area contributed by atoms with Gasteiger partial charge in [0.05, 0.1) is 18.9 Å². The Morgan fingerprint density at radius 3 is 2.78 bits per heavy atom. The summed E-state index contributed by atoms with van der Waals surface area (Å²) in [6.45, 7) is 1.27. The van der Waals surface area contributed by atoms with Crippen molar-refractivity contribution in [2.45, 2.75) is 0 Å². The molecule has 1 rings (SSSR count). The number of ether oxygens (including phenoxy) is 1. The second-order valence-corrected chi connectivity index (χ2v) is 3.68. The van der Waals surface area contributed by atoms with E-state index in [0.717, 1.165) is 0 Å². The Balaban J connectivity index is 3.01. The van der Waals surface area contributed by atoms with Gasteiger partial charge in [-0.2, -0.15) is 0 Å². The lowest BCUT2D eigenvalue weighted by Gasteiger charge is -2.24. The first kappa shape index (κ1) is 14.2. The fourth-order valence-electron chi connectivity index (χ4n) is 1.50. The number of nitrogens with zero attached hydrogens (tertiary/aromatic N) is 2. The standard InChI is InChI=1S/C11H18N4O3/c1-18-7-5-15(4-6-16)11-8(12)2-3-9(14-11)10(13)17/h2-3,16H,4-7,12H2,1H3,(H2,13,17). The number of nitrogens with two attached hydrogens (primary N) is 2. The topological polar surface area (TPSA) is 115 Å². The molecule has 0 fully saturated rings. The van der Waals surface area contributed by atoms with Gasteiger partial charge in [0.25, 0.3) is 5.91 Å². The van der Waals surface area contributed by atoms with E-state index >= 15 is 0 Å². The van der Waals surface area contributed by atoms with Gasteiger partial charge in [0, 0.05) is 20.2 Å². The molecule has 0 aliphatic rings. The van der Waals surface area contributed by atoms with Crippen LogP contribution in [-0.4, -0.2) is 49.4 Å². The van der Waals surface area contributed by atoms with Crippen molar-refractivity contribution in [3.8, 4) is 0 Å². The summed E-state index contributed by atoms with van der Waals surface area (Å²) in [4.78, 5) is 16.9. The second-order valence-electron chi connectivity index (χ2n) is 3.68. The van der Waals surface area contributed by atoms with Crippen LogP contribution in [0.5, 0.6) is 0 Å². The number of hydrogen-bond acceptors (Lipinski definition) is 6. The summed E-state index contributed by atoms with van der Waals surface area (Å²) in [6.07, 6.45) is 0. The first-order chi connectivity index (χ1) is 8.60. The number of hydrogen-bond donors (Lipinski definition) is 3. The third-order valence-electron chi connectivity index (χ3n) is 2.39. The molecule has 1 aromatic rings. The Hall–Kier alpha value is -1.86. The molecule has 0 aromatic carbocycles. The molecule has 0 unspecified atom stereocenters. The quantitative estimate of drug-likeness (QED) is 0.587. The van der Waals surface area contributed by atoms with Crippen LogP contribution >= 0.6 is 0 Å². The predicted molar refractivity (Wildman–Crippen MR) is 68.3 cm³/mol. The maximum absolute atomic E-state index is 11.1. The van der Waals surface area contributed by atoms with Gasteiger partial charge in [-0.15, -0.1) is 0 Å². The van der Waals surface area contributed by atoms with Crippen molar-refractivity contribution in [1.82, 2.24) is 4.98 Å². The van der Waals surface area contributed by atoms with Gasteiger partial charge in [0.1, 0.15) is 5.69 Å². The van der Waals surface area contributed by atoms with E-state index in [9.17, 15) is 4.79 Å². The zero-order valence-electron chi connectivity index (χ0n) is 10.3. The number of anilines is 2. The highest BCUT2D eigenvalue weighted by atomic mass is 16.5. The lowest BCUT2D eigenvalue weighted by Crippen LogP contribution is -2.32. The molecule has 100 valence electrons. The van der Waals surface area contributed by atoms with E-state index in [1.54, 1.807) is 18.1 Å². The fourth-order valence-corrected chi connectivity index (χ4v) is 1.50. The van der Waals surface area contributed by atoms with Crippen LogP contribution in [0.1, 0.15) is 10.5 Å². The van der Waals surface area contributed by atoms with Gasteiger partial charge in [-0.05, 0) is 12.1 Å². The predicted octanol–water partition coefficient (Wildman–Crippen LogP) is -0.792. The van der Waals surface area contributed by atoms with Crippen LogP contribution in [0.3, 0.4) is 0 Å². The third-order valence-corrected chi connectivity index (χ3v) is 2.39. The maximum atomic E-state index is 11.1. The van der Waals surface area contributed by atoms with Crippen LogP contribution in [-0.2, 0) is 4.74 Å². The lowest BCUT2D eigenvalue weighted by molar-refractivity contribution is 0.0995. The van der Waals surface area contributed by atoms with Gasteiger partial charge < -0.3 is 26.2 Å². The molecule has 0 bridgehead atoms. The number of pyridine rings is 1. The molecule has 18 heavy (non-hydrogen) atoms. The average molecular weight is 254 g/mol. The summed E-state index contributed by atoms with van der Waals surface area (Å²) in [7, 11) is 1.58. The molecule has 0 saturated carbocycles. The fraction of sp³-hybridized carbons (Fsp3) is 0.455. The molecule has 0 aliphatic carbocycles. The molecule has 0 saturated heterocycles. The minimum Gasteiger partial charge on any atom is -0.396 e. The van der Waals surface area contributed by atoms with Crippen LogP contribution in [0.2, 0.25) is 0 Å². The minimum atomic E-state index is -0.619. The monoisotopic (exact) mass is 254 g/mol. The highest BCUT2D eigenvalue weighted by molar-refractivity contribution is 5.91. The molecule has 0 spiro atoms. The molecule has 0 aliphatic heterocycles. The van der Waals surface area contributed by atoms with Gasteiger partial charge in [0.15, 0.2) is 5.82 Å².